The van der Waals surface area contributed by atoms with Gasteiger partial charge in [0.25, 0.3) is 5.91 Å². The molecule has 7 nitrogen and oxygen atoms in total. The highest BCUT2D eigenvalue weighted by atomic mass is 35.5. The largest absolute Gasteiger partial charge is 0.497 e. The molecule has 38 heavy (non-hydrogen) atoms. The first-order valence-corrected chi connectivity index (χ1v) is 13.4. The molecule has 200 valence electrons. The Morgan fingerprint density at radius 1 is 1.05 bits per heavy atom. The molecule has 2 aromatic rings. The van der Waals surface area contributed by atoms with E-state index < -0.39 is 28.2 Å². The maximum absolute atomic E-state index is 13.5. The summed E-state index contributed by atoms with van der Waals surface area (Å²) in [7, 11) is 3.26. The molecule has 1 aliphatic heterocycles. The lowest BCUT2D eigenvalue weighted by Crippen LogP contribution is -2.35. The van der Waals surface area contributed by atoms with Crippen LogP contribution >= 0.6 is 23.2 Å². The molecule has 2 aliphatic carbocycles. The number of carbonyl (C=O) groups excluding carboxylic acids is 2. The standard InChI is InChI=1S/C29H30Cl2N2O5/c1-28(17-29(28,30)31)27(35)38-16-24(34)33-26(19-9-13-22(37-3)14-10-19)23-6-4-5-20(25(23)32-33)15-18-7-11-21(36-2)12-8-18/h7-15,23,26H,4-6,16-17H2,1-3H3/b20-15-/t23-,26-,28+/m1/s1. The molecular weight excluding hydrogens is 527 g/mol. The van der Waals surface area contributed by atoms with Gasteiger partial charge in [-0.25, -0.2) is 5.01 Å². The third kappa shape index (κ3) is 4.90. The van der Waals surface area contributed by atoms with E-state index in [2.05, 4.69) is 6.08 Å². The number of halogens is 2. The van der Waals surface area contributed by atoms with E-state index in [1.54, 1.807) is 21.1 Å². The molecule has 0 radical (unpaired) electrons. The van der Waals surface area contributed by atoms with Crippen LogP contribution in [0.4, 0.5) is 0 Å². The number of fused-ring (bicyclic) bond motifs is 1. The van der Waals surface area contributed by atoms with Gasteiger partial charge in [0.15, 0.2) is 6.61 Å². The number of hydrogen-bond donors (Lipinski definition) is 0. The Labute approximate surface area is 232 Å². The second kappa shape index (κ2) is 10.3. The van der Waals surface area contributed by atoms with Crippen LogP contribution in [0.5, 0.6) is 11.5 Å². The molecule has 2 saturated carbocycles. The SMILES string of the molecule is COc1ccc(/C=C2/CCC[C@@H]3C2=NN(C(=O)COC(=O)[C@]2(C)CC2(Cl)Cl)[C@@H]3c2ccc(OC)cc2)cc1. The first-order valence-electron chi connectivity index (χ1n) is 12.6. The van der Waals surface area contributed by atoms with E-state index in [4.69, 9.17) is 42.5 Å². The van der Waals surface area contributed by atoms with E-state index in [0.29, 0.717) is 0 Å². The number of hydrogen-bond acceptors (Lipinski definition) is 6. The monoisotopic (exact) mass is 556 g/mol. The third-order valence-corrected chi connectivity index (χ3v) is 8.81. The van der Waals surface area contributed by atoms with Gasteiger partial charge >= 0.3 is 5.97 Å². The van der Waals surface area contributed by atoms with Crippen molar-refractivity contribution in [2.45, 2.75) is 43.0 Å². The van der Waals surface area contributed by atoms with E-state index in [-0.39, 0.29) is 18.4 Å². The minimum absolute atomic E-state index is 0.0144. The van der Waals surface area contributed by atoms with Gasteiger partial charge in [-0.3, -0.25) is 9.59 Å². The number of hydrazone groups is 1. The highest BCUT2D eigenvalue weighted by Gasteiger charge is 2.69. The van der Waals surface area contributed by atoms with Crippen molar-refractivity contribution in [2.24, 2.45) is 16.4 Å². The molecule has 1 heterocycles. The molecule has 2 aromatic carbocycles. The van der Waals surface area contributed by atoms with Crippen molar-refractivity contribution in [3.8, 4) is 11.5 Å². The second-order valence-corrected chi connectivity index (χ2v) is 11.7. The van der Waals surface area contributed by atoms with E-state index in [9.17, 15) is 9.59 Å². The van der Waals surface area contributed by atoms with Crippen LogP contribution in [0.25, 0.3) is 6.08 Å². The lowest BCUT2D eigenvalue weighted by Gasteiger charge is -2.29. The number of methoxy groups -OCH3 is 2. The molecule has 3 atom stereocenters. The molecule has 9 heteroatoms. The molecule has 5 rings (SSSR count). The number of alkyl halides is 2. The van der Waals surface area contributed by atoms with Crippen molar-refractivity contribution in [3.63, 3.8) is 0 Å². The summed E-state index contributed by atoms with van der Waals surface area (Å²) in [4.78, 5) is 26.1. The summed E-state index contributed by atoms with van der Waals surface area (Å²) in [5, 5.41) is 6.32. The van der Waals surface area contributed by atoms with Crippen molar-refractivity contribution in [1.29, 1.82) is 0 Å². The van der Waals surface area contributed by atoms with Gasteiger partial charge in [-0.05, 0) is 73.2 Å². The van der Waals surface area contributed by atoms with Gasteiger partial charge in [0.2, 0.25) is 0 Å². The van der Waals surface area contributed by atoms with Crippen LogP contribution < -0.4 is 9.47 Å². The van der Waals surface area contributed by atoms with Crippen LogP contribution in [0, 0.1) is 11.3 Å². The molecule has 0 bridgehead atoms. The van der Waals surface area contributed by atoms with Crippen LogP contribution in [0.2, 0.25) is 0 Å². The van der Waals surface area contributed by atoms with Crippen LogP contribution in [-0.4, -0.2) is 47.8 Å². The lowest BCUT2D eigenvalue weighted by molar-refractivity contribution is -0.157. The molecule has 0 unspecified atom stereocenters. The van der Waals surface area contributed by atoms with Crippen LogP contribution in [0.1, 0.15) is 49.8 Å². The Morgan fingerprint density at radius 2 is 1.66 bits per heavy atom. The first kappa shape index (κ1) is 26.6. The molecule has 2 fully saturated rings. The Kier molecular flexibility index (Phi) is 7.18. The molecule has 1 amide bonds. The predicted octanol–water partition coefficient (Wildman–Crippen LogP) is 5.95. The average molecular weight is 557 g/mol. The van der Waals surface area contributed by atoms with E-state index in [1.807, 2.05) is 48.5 Å². The minimum Gasteiger partial charge on any atom is -0.497 e. The van der Waals surface area contributed by atoms with E-state index >= 15 is 0 Å². The second-order valence-electron chi connectivity index (χ2n) is 10.2. The lowest BCUT2D eigenvalue weighted by atomic mass is 9.77. The van der Waals surface area contributed by atoms with Gasteiger partial charge in [-0.2, -0.15) is 5.10 Å². The molecule has 0 saturated heterocycles. The fourth-order valence-corrected chi connectivity index (χ4v) is 5.91. The topological polar surface area (TPSA) is 77.4 Å². The van der Waals surface area contributed by atoms with E-state index in [0.717, 1.165) is 53.2 Å². The van der Waals surface area contributed by atoms with Crippen LogP contribution in [-0.2, 0) is 14.3 Å². The number of nitrogens with zero attached hydrogens (tertiary/aromatic N) is 2. The fourth-order valence-electron chi connectivity index (χ4n) is 5.22. The average Bonchev–Trinajstić information content (AvgIpc) is 3.25. The number of ether oxygens (including phenoxy) is 3. The Balaban J connectivity index is 1.43. The normalized spacial score (nSPS) is 26.4. The van der Waals surface area contributed by atoms with Crippen molar-refractivity contribution in [3.05, 3.63) is 65.2 Å². The van der Waals surface area contributed by atoms with Gasteiger partial charge in [0.1, 0.15) is 21.2 Å². The summed E-state index contributed by atoms with van der Waals surface area (Å²) in [6, 6.07) is 15.2. The molecule has 0 spiro atoms. The number of rotatable bonds is 7. The van der Waals surface area contributed by atoms with Crippen molar-refractivity contribution in [2.75, 3.05) is 20.8 Å². The Hall–Kier alpha value is -3.03. The molecular formula is C29H30Cl2N2O5. The summed E-state index contributed by atoms with van der Waals surface area (Å²) in [6.07, 6.45) is 5.13. The highest BCUT2D eigenvalue weighted by Crippen LogP contribution is 2.64. The predicted molar refractivity (Wildman–Crippen MR) is 146 cm³/mol. The summed E-state index contributed by atoms with van der Waals surface area (Å²) in [5.74, 6) is 0.552. The van der Waals surface area contributed by atoms with Gasteiger partial charge in [-0.15, -0.1) is 23.2 Å². The maximum Gasteiger partial charge on any atom is 0.315 e. The quantitative estimate of drug-likeness (QED) is 0.311. The Morgan fingerprint density at radius 3 is 2.24 bits per heavy atom. The zero-order valence-corrected chi connectivity index (χ0v) is 23.1. The number of esters is 1. The van der Waals surface area contributed by atoms with Gasteiger partial charge in [0, 0.05) is 12.3 Å². The van der Waals surface area contributed by atoms with Gasteiger partial charge < -0.3 is 14.2 Å². The fraction of sp³-hybridized carbons (Fsp3) is 0.414. The molecule has 0 N–H and O–H groups in total. The highest BCUT2D eigenvalue weighted by molar-refractivity contribution is 6.53. The van der Waals surface area contributed by atoms with Crippen molar-refractivity contribution < 1.29 is 23.8 Å². The maximum atomic E-state index is 13.5. The zero-order chi connectivity index (χ0) is 27.1. The zero-order valence-electron chi connectivity index (χ0n) is 21.6. The van der Waals surface area contributed by atoms with Gasteiger partial charge in [0.05, 0.1) is 26.0 Å². The number of carbonyl (C=O) groups is 2. The summed E-state index contributed by atoms with van der Waals surface area (Å²) < 4.78 is 14.8. The molecule has 0 aromatic heterocycles. The summed E-state index contributed by atoms with van der Waals surface area (Å²) in [6.45, 7) is 1.20. The number of allylic oxidation sites excluding steroid dienone is 1. The first-order chi connectivity index (χ1) is 18.2. The minimum atomic E-state index is -1.16. The van der Waals surface area contributed by atoms with Crippen LogP contribution in [0.15, 0.2) is 59.2 Å². The van der Waals surface area contributed by atoms with Gasteiger partial charge in [-0.1, -0.05) is 24.3 Å². The third-order valence-electron chi connectivity index (χ3n) is 7.71. The number of amides is 1. The van der Waals surface area contributed by atoms with Crippen LogP contribution in [0.3, 0.4) is 0 Å². The smallest absolute Gasteiger partial charge is 0.315 e. The summed E-state index contributed by atoms with van der Waals surface area (Å²) in [5.41, 5.74) is 2.95. The van der Waals surface area contributed by atoms with E-state index in [1.165, 1.54) is 5.01 Å². The van der Waals surface area contributed by atoms with Crippen molar-refractivity contribution in [1.82, 2.24) is 5.01 Å². The molecule has 3 aliphatic rings. The number of benzene rings is 2. The summed E-state index contributed by atoms with van der Waals surface area (Å²) >= 11 is 12.2. The van der Waals surface area contributed by atoms with Crippen molar-refractivity contribution >= 4 is 46.9 Å². The Bertz CT molecular complexity index is 1290.